The lowest BCUT2D eigenvalue weighted by Crippen LogP contribution is -2.51. The topological polar surface area (TPSA) is 38.5 Å². The van der Waals surface area contributed by atoms with Crippen molar-refractivity contribution in [3.05, 3.63) is 29.8 Å². The van der Waals surface area contributed by atoms with Gasteiger partial charge in [0.2, 0.25) is 0 Å². The van der Waals surface area contributed by atoms with E-state index in [9.17, 15) is 0 Å². The zero-order valence-electron chi connectivity index (χ0n) is 11.8. The third kappa shape index (κ3) is 2.38. The van der Waals surface area contributed by atoms with Crippen molar-refractivity contribution in [3.63, 3.8) is 0 Å². The Morgan fingerprint density at radius 1 is 1.28 bits per heavy atom. The van der Waals surface area contributed by atoms with E-state index in [1.165, 1.54) is 0 Å². The molecule has 0 spiro atoms. The van der Waals surface area contributed by atoms with Crippen LogP contribution in [0.25, 0.3) is 0 Å². The number of para-hydroxylation sites is 1. The number of nitrogens with zero attached hydrogens (tertiary/aromatic N) is 1. The van der Waals surface area contributed by atoms with Gasteiger partial charge in [-0.1, -0.05) is 32.0 Å². The lowest BCUT2D eigenvalue weighted by Gasteiger charge is -2.41. The normalized spacial score (nSPS) is 24.8. The fraction of sp³-hybridized carbons (Fsp3) is 0.600. The van der Waals surface area contributed by atoms with Gasteiger partial charge in [0.1, 0.15) is 12.4 Å². The van der Waals surface area contributed by atoms with E-state index >= 15 is 0 Å². The van der Waals surface area contributed by atoms with E-state index in [1.54, 1.807) is 0 Å². The van der Waals surface area contributed by atoms with Crippen molar-refractivity contribution in [2.75, 3.05) is 13.7 Å². The van der Waals surface area contributed by atoms with E-state index < -0.39 is 0 Å². The van der Waals surface area contributed by atoms with E-state index in [2.05, 4.69) is 38.8 Å². The molecule has 0 fully saturated rings. The van der Waals surface area contributed by atoms with Crippen LogP contribution in [0.4, 0.5) is 0 Å². The van der Waals surface area contributed by atoms with Gasteiger partial charge in [-0.3, -0.25) is 4.90 Å². The minimum Gasteiger partial charge on any atom is -0.492 e. The third-order valence-corrected chi connectivity index (χ3v) is 4.23. The van der Waals surface area contributed by atoms with E-state index in [1.807, 2.05) is 18.2 Å². The molecule has 1 aromatic rings. The van der Waals surface area contributed by atoms with Crippen LogP contribution < -0.4 is 10.5 Å². The first-order chi connectivity index (χ1) is 8.52. The smallest absolute Gasteiger partial charge is 0.124 e. The molecule has 0 saturated heterocycles. The summed E-state index contributed by atoms with van der Waals surface area (Å²) in [6.07, 6.45) is 0. The first-order valence-corrected chi connectivity index (χ1v) is 6.71. The summed E-state index contributed by atoms with van der Waals surface area (Å²) in [4.78, 5) is 2.35. The Labute approximate surface area is 110 Å². The molecular weight excluding hydrogens is 224 g/mol. The fourth-order valence-corrected chi connectivity index (χ4v) is 2.52. The Morgan fingerprint density at radius 3 is 2.61 bits per heavy atom. The monoisotopic (exact) mass is 248 g/mol. The number of fused-ring (bicyclic) bond motifs is 1. The highest BCUT2D eigenvalue weighted by Gasteiger charge is 2.33. The van der Waals surface area contributed by atoms with Crippen LogP contribution in [-0.2, 0) is 0 Å². The summed E-state index contributed by atoms with van der Waals surface area (Å²) < 4.78 is 5.84. The maximum atomic E-state index is 6.41. The van der Waals surface area contributed by atoms with Crippen LogP contribution >= 0.6 is 0 Å². The Bertz CT molecular complexity index is 405. The second-order valence-electron chi connectivity index (χ2n) is 5.59. The van der Waals surface area contributed by atoms with Crippen LogP contribution in [0.5, 0.6) is 5.75 Å². The minimum atomic E-state index is 0.0288. The van der Waals surface area contributed by atoms with Crippen LogP contribution in [0, 0.1) is 5.92 Å². The quantitative estimate of drug-likeness (QED) is 0.893. The Kier molecular flexibility index (Phi) is 3.93. The van der Waals surface area contributed by atoms with Crippen LogP contribution in [0.2, 0.25) is 0 Å². The molecular formula is C15H24N2O. The first-order valence-electron chi connectivity index (χ1n) is 6.71. The molecule has 3 nitrogen and oxygen atoms in total. The zero-order chi connectivity index (χ0) is 13.3. The summed E-state index contributed by atoms with van der Waals surface area (Å²) in [6.45, 7) is 7.40. The Hall–Kier alpha value is -1.06. The molecule has 3 heteroatoms. The maximum absolute atomic E-state index is 6.41. The van der Waals surface area contributed by atoms with Gasteiger partial charge in [0.15, 0.2) is 0 Å². The fourth-order valence-electron chi connectivity index (χ4n) is 2.52. The van der Waals surface area contributed by atoms with Gasteiger partial charge in [-0.05, 0) is 26.0 Å². The van der Waals surface area contributed by atoms with Gasteiger partial charge in [0.05, 0.1) is 12.1 Å². The largest absolute Gasteiger partial charge is 0.492 e. The Balaban J connectivity index is 2.18. The molecule has 0 amide bonds. The molecule has 0 bridgehead atoms. The summed E-state index contributed by atoms with van der Waals surface area (Å²) >= 11 is 0. The molecule has 3 atom stereocenters. The lowest BCUT2D eigenvalue weighted by atomic mass is 9.93. The second kappa shape index (κ2) is 5.29. The molecule has 0 radical (unpaired) electrons. The lowest BCUT2D eigenvalue weighted by molar-refractivity contribution is 0.0739. The van der Waals surface area contributed by atoms with E-state index in [-0.39, 0.29) is 12.1 Å². The van der Waals surface area contributed by atoms with Crippen molar-refractivity contribution >= 4 is 0 Å². The van der Waals surface area contributed by atoms with Gasteiger partial charge >= 0.3 is 0 Å². The SMILES string of the molecule is CC(C)C(C)N(C)C1COc2ccccc2C1N. The molecule has 0 aromatic heterocycles. The van der Waals surface area contributed by atoms with Crippen molar-refractivity contribution in [2.24, 2.45) is 11.7 Å². The highest BCUT2D eigenvalue weighted by molar-refractivity contribution is 5.38. The van der Waals surface area contributed by atoms with Crippen molar-refractivity contribution in [3.8, 4) is 5.75 Å². The highest BCUT2D eigenvalue weighted by atomic mass is 16.5. The van der Waals surface area contributed by atoms with Gasteiger partial charge in [-0.15, -0.1) is 0 Å². The van der Waals surface area contributed by atoms with Gasteiger partial charge in [0.25, 0.3) is 0 Å². The maximum Gasteiger partial charge on any atom is 0.124 e. The Morgan fingerprint density at radius 2 is 1.94 bits per heavy atom. The van der Waals surface area contributed by atoms with Crippen molar-refractivity contribution in [2.45, 2.75) is 38.9 Å². The van der Waals surface area contributed by atoms with Crippen molar-refractivity contribution < 1.29 is 4.74 Å². The second-order valence-corrected chi connectivity index (χ2v) is 5.59. The number of rotatable bonds is 3. The van der Waals surface area contributed by atoms with Crippen LogP contribution in [-0.4, -0.2) is 30.6 Å². The standard InChI is InChI=1S/C15H24N2O/c1-10(2)11(3)17(4)13-9-18-14-8-6-5-7-12(14)15(13)16/h5-8,10-11,13,15H,9,16H2,1-4H3. The molecule has 1 heterocycles. The van der Waals surface area contributed by atoms with Crippen LogP contribution in [0.15, 0.2) is 24.3 Å². The van der Waals surface area contributed by atoms with E-state index in [0.717, 1.165) is 11.3 Å². The molecule has 100 valence electrons. The summed E-state index contributed by atoms with van der Waals surface area (Å²) in [7, 11) is 2.15. The first kappa shape index (κ1) is 13.4. The molecule has 0 aliphatic carbocycles. The summed E-state index contributed by atoms with van der Waals surface area (Å²) in [5.74, 6) is 1.55. The van der Waals surface area contributed by atoms with Crippen LogP contribution in [0.1, 0.15) is 32.4 Å². The summed E-state index contributed by atoms with van der Waals surface area (Å²) in [6, 6.07) is 8.85. The van der Waals surface area contributed by atoms with Gasteiger partial charge in [-0.25, -0.2) is 0 Å². The summed E-state index contributed by atoms with van der Waals surface area (Å²) in [5.41, 5.74) is 7.53. The predicted molar refractivity (Wildman–Crippen MR) is 74.7 cm³/mol. The number of hydrogen-bond acceptors (Lipinski definition) is 3. The number of likely N-dealkylation sites (N-methyl/N-ethyl adjacent to an activating group) is 1. The van der Waals surface area contributed by atoms with Gasteiger partial charge in [0, 0.05) is 11.6 Å². The molecule has 3 unspecified atom stereocenters. The average Bonchev–Trinajstić information content (AvgIpc) is 2.37. The zero-order valence-corrected chi connectivity index (χ0v) is 11.8. The molecule has 18 heavy (non-hydrogen) atoms. The average molecular weight is 248 g/mol. The molecule has 1 aromatic carbocycles. The molecule has 2 N–H and O–H groups in total. The molecule has 1 aliphatic rings. The van der Waals surface area contributed by atoms with Crippen molar-refractivity contribution in [1.82, 2.24) is 4.90 Å². The molecule has 1 aliphatic heterocycles. The number of hydrogen-bond donors (Lipinski definition) is 1. The van der Waals surface area contributed by atoms with Crippen LogP contribution in [0.3, 0.4) is 0 Å². The van der Waals surface area contributed by atoms with E-state index in [4.69, 9.17) is 10.5 Å². The predicted octanol–water partition coefficient (Wildman–Crippen LogP) is 2.42. The van der Waals surface area contributed by atoms with E-state index in [0.29, 0.717) is 18.6 Å². The minimum absolute atomic E-state index is 0.0288. The third-order valence-electron chi connectivity index (χ3n) is 4.23. The summed E-state index contributed by atoms with van der Waals surface area (Å²) in [5, 5.41) is 0. The molecule has 0 saturated carbocycles. The number of benzene rings is 1. The van der Waals surface area contributed by atoms with Crippen molar-refractivity contribution in [1.29, 1.82) is 0 Å². The molecule has 2 rings (SSSR count). The van der Waals surface area contributed by atoms with Gasteiger partial charge in [-0.2, -0.15) is 0 Å². The van der Waals surface area contributed by atoms with Gasteiger partial charge < -0.3 is 10.5 Å². The number of nitrogens with two attached hydrogens (primary N) is 1. The highest BCUT2D eigenvalue weighted by Crippen LogP contribution is 2.33. The number of ether oxygens (including phenoxy) is 1.